The molecule has 1 aliphatic heterocycles. The van der Waals surface area contributed by atoms with Crippen LogP contribution in [0, 0.1) is 6.92 Å². The molecule has 1 aliphatic rings. The zero-order valence-electron chi connectivity index (χ0n) is 20.6. The zero-order chi connectivity index (χ0) is 26.0. The molecule has 0 spiro atoms. The number of anilines is 2. The average molecular weight is 518 g/mol. The quantitative estimate of drug-likeness (QED) is 0.411. The van der Waals surface area contributed by atoms with E-state index in [1.165, 1.54) is 6.07 Å². The standard InChI is InChI=1S/C26H27N7O3S/c1-18-21(5-3-6-23(18)37(2,35)36)26(34)28-17-20-15-22-19(16-27-20)8-9-24(30-22)32-11-13-33(14-12-32)25-7-4-10-29-31-25/h3-10,15-16H,11-14,17H2,1-2H3,(H,28,34). The van der Waals surface area contributed by atoms with Crippen LogP contribution in [-0.4, -0.2) is 66.9 Å². The van der Waals surface area contributed by atoms with Crippen molar-refractivity contribution in [3.63, 3.8) is 0 Å². The fraction of sp³-hybridized carbons (Fsp3) is 0.269. The fourth-order valence-corrected chi connectivity index (χ4v) is 5.47. The Labute approximate surface area is 215 Å². The smallest absolute Gasteiger partial charge is 0.251 e. The fourth-order valence-electron chi connectivity index (χ4n) is 4.47. The van der Waals surface area contributed by atoms with Gasteiger partial charge in [0.15, 0.2) is 15.7 Å². The van der Waals surface area contributed by atoms with Gasteiger partial charge in [0.25, 0.3) is 5.91 Å². The average Bonchev–Trinajstić information content (AvgIpc) is 2.91. The molecule has 5 rings (SSSR count). The third-order valence-corrected chi connectivity index (χ3v) is 7.70. The summed E-state index contributed by atoms with van der Waals surface area (Å²) in [5.41, 5.74) is 2.21. The highest BCUT2D eigenvalue weighted by molar-refractivity contribution is 7.90. The summed E-state index contributed by atoms with van der Waals surface area (Å²) in [6.07, 6.45) is 4.55. The summed E-state index contributed by atoms with van der Waals surface area (Å²) in [7, 11) is -3.42. The van der Waals surface area contributed by atoms with Crippen molar-refractivity contribution < 1.29 is 13.2 Å². The molecule has 10 nitrogen and oxygen atoms in total. The second kappa shape index (κ2) is 10.1. The lowest BCUT2D eigenvalue weighted by atomic mass is 10.1. The van der Waals surface area contributed by atoms with Crippen LogP contribution >= 0.6 is 0 Å². The van der Waals surface area contributed by atoms with Crippen LogP contribution < -0.4 is 15.1 Å². The molecular weight excluding hydrogens is 490 g/mol. The maximum Gasteiger partial charge on any atom is 0.251 e. The Morgan fingerprint density at radius 3 is 2.46 bits per heavy atom. The Morgan fingerprint density at radius 1 is 1.00 bits per heavy atom. The summed E-state index contributed by atoms with van der Waals surface area (Å²) in [4.78, 5) is 26.7. The first-order chi connectivity index (χ1) is 17.8. The van der Waals surface area contributed by atoms with Gasteiger partial charge in [-0.2, -0.15) is 5.10 Å². The van der Waals surface area contributed by atoms with E-state index >= 15 is 0 Å². The number of amides is 1. The third kappa shape index (κ3) is 5.36. The Kier molecular flexibility index (Phi) is 6.70. The van der Waals surface area contributed by atoms with Gasteiger partial charge in [-0.15, -0.1) is 5.10 Å². The summed E-state index contributed by atoms with van der Waals surface area (Å²) in [5.74, 6) is 1.41. The van der Waals surface area contributed by atoms with E-state index in [1.807, 2.05) is 30.3 Å². The van der Waals surface area contributed by atoms with Crippen molar-refractivity contribution in [2.75, 3.05) is 42.2 Å². The van der Waals surface area contributed by atoms with E-state index in [9.17, 15) is 13.2 Å². The highest BCUT2D eigenvalue weighted by Crippen LogP contribution is 2.22. The van der Waals surface area contributed by atoms with Crippen molar-refractivity contribution in [2.45, 2.75) is 18.4 Å². The highest BCUT2D eigenvalue weighted by atomic mass is 32.2. The van der Waals surface area contributed by atoms with E-state index in [0.717, 1.165) is 55.0 Å². The predicted octanol–water partition coefficient (Wildman–Crippen LogP) is 2.39. The number of piperazine rings is 1. The van der Waals surface area contributed by atoms with Gasteiger partial charge in [-0.1, -0.05) is 6.07 Å². The van der Waals surface area contributed by atoms with Crippen molar-refractivity contribution in [2.24, 2.45) is 0 Å². The van der Waals surface area contributed by atoms with Gasteiger partial charge in [0.1, 0.15) is 5.82 Å². The van der Waals surface area contributed by atoms with E-state index in [0.29, 0.717) is 16.8 Å². The molecule has 0 bridgehead atoms. The molecule has 1 aromatic carbocycles. The van der Waals surface area contributed by atoms with E-state index in [1.54, 1.807) is 31.5 Å². The zero-order valence-corrected chi connectivity index (χ0v) is 21.4. The number of hydrogen-bond donors (Lipinski definition) is 1. The van der Waals surface area contributed by atoms with Crippen LogP contribution in [0.2, 0.25) is 0 Å². The van der Waals surface area contributed by atoms with Crippen LogP contribution in [-0.2, 0) is 16.4 Å². The van der Waals surface area contributed by atoms with Crippen molar-refractivity contribution >= 4 is 38.3 Å². The summed E-state index contributed by atoms with van der Waals surface area (Å²) < 4.78 is 24.0. The number of hydrogen-bond acceptors (Lipinski definition) is 9. The topological polar surface area (TPSA) is 121 Å². The minimum atomic E-state index is -3.42. The number of carbonyl (C=O) groups excluding carboxylic acids is 1. The number of fused-ring (bicyclic) bond motifs is 1. The predicted molar refractivity (Wildman–Crippen MR) is 141 cm³/mol. The molecule has 1 saturated heterocycles. The number of nitrogens with zero attached hydrogens (tertiary/aromatic N) is 6. The van der Waals surface area contributed by atoms with Gasteiger partial charge in [-0.3, -0.25) is 9.78 Å². The van der Waals surface area contributed by atoms with Crippen molar-refractivity contribution in [1.82, 2.24) is 25.5 Å². The van der Waals surface area contributed by atoms with Gasteiger partial charge in [-0.25, -0.2) is 13.4 Å². The molecule has 3 aromatic heterocycles. The molecule has 1 amide bonds. The van der Waals surface area contributed by atoms with Gasteiger partial charge in [0.2, 0.25) is 0 Å². The summed E-state index contributed by atoms with van der Waals surface area (Å²) in [6.45, 7) is 5.11. The van der Waals surface area contributed by atoms with Crippen LogP contribution in [0.25, 0.3) is 10.9 Å². The van der Waals surface area contributed by atoms with E-state index < -0.39 is 9.84 Å². The molecule has 0 radical (unpaired) electrons. The first kappa shape index (κ1) is 24.6. The van der Waals surface area contributed by atoms with Gasteiger partial charge >= 0.3 is 0 Å². The number of pyridine rings is 2. The summed E-state index contributed by atoms with van der Waals surface area (Å²) in [6, 6.07) is 14.4. The molecule has 4 aromatic rings. The Morgan fingerprint density at radius 2 is 1.76 bits per heavy atom. The molecule has 1 N–H and O–H groups in total. The van der Waals surface area contributed by atoms with E-state index in [4.69, 9.17) is 4.98 Å². The lowest BCUT2D eigenvalue weighted by Gasteiger charge is -2.35. The van der Waals surface area contributed by atoms with Crippen LogP contribution in [0.3, 0.4) is 0 Å². The van der Waals surface area contributed by atoms with Gasteiger partial charge in [0, 0.05) is 55.8 Å². The van der Waals surface area contributed by atoms with E-state index in [2.05, 4.69) is 30.3 Å². The number of benzene rings is 1. The van der Waals surface area contributed by atoms with Crippen LogP contribution in [0.1, 0.15) is 21.6 Å². The number of sulfone groups is 1. The molecule has 190 valence electrons. The molecule has 0 aliphatic carbocycles. The Bertz CT molecular complexity index is 1550. The number of carbonyl (C=O) groups is 1. The largest absolute Gasteiger partial charge is 0.353 e. The van der Waals surface area contributed by atoms with Crippen LogP contribution in [0.15, 0.2) is 65.8 Å². The Balaban J connectivity index is 1.27. The van der Waals surface area contributed by atoms with E-state index in [-0.39, 0.29) is 17.3 Å². The lowest BCUT2D eigenvalue weighted by Crippen LogP contribution is -2.47. The minimum absolute atomic E-state index is 0.151. The third-order valence-electron chi connectivity index (χ3n) is 6.46. The van der Waals surface area contributed by atoms with Crippen molar-refractivity contribution in [3.8, 4) is 0 Å². The van der Waals surface area contributed by atoms with Gasteiger partial charge < -0.3 is 15.1 Å². The van der Waals surface area contributed by atoms with Gasteiger partial charge in [-0.05, 0) is 55.0 Å². The second-order valence-corrected chi connectivity index (χ2v) is 11.0. The number of aromatic nitrogens is 4. The molecule has 11 heteroatoms. The molecule has 0 atom stereocenters. The van der Waals surface area contributed by atoms with Crippen molar-refractivity contribution in [1.29, 1.82) is 0 Å². The van der Waals surface area contributed by atoms with Crippen molar-refractivity contribution in [3.05, 3.63) is 77.7 Å². The summed E-state index contributed by atoms with van der Waals surface area (Å²) >= 11 is 0. The normalized spacial score (nSPS) is 14.1. The maximum atomic E-state index is 12.8. The molecule has 0 unspecified atom stereocenters. The first-order valence-corrected chi connectivity index (χ1v) is 13.8. The van der Waals surface area contributed by atoms with Gasteiger partial charge in [0.05, 0.1) is 22.7 Å². The van der Waals surface area contributed by atoms with Crippen LogP contribution in [0.5, 0.6) is 0 Å². The Hall–Kier alpha value is -4.12. The molecule has 1 fully saturated rings. The summed E-state index contributed by atoms with van der Waals surface area (Å²) in [5, 5.41) is 11.9. The number of rotatable bonds is 6. The first-order valence-electron chi connectivity index (χ1n) is 11.9. The highest BCUT2D eigenvalue weighted by Gasteiger charge is 2.20. The molecular formula is C26H27N7O3S. The minimum Gasteiger partial charge on any atom is -0.353 e. The number of nitrogens with one attached hydrogen (secondary N) is 1. The lowest BCUT2D eigenvalue weighted by molar-refractivity contribution is 0.0949. The molecule has 37 heavy (non-hydrogen) atoms. The SMILES string of the molecule is Cc1c(C(=O)NCc2cc3nc(N4CCN(c5cccnn5)CC4)ccc3cn2)cccc1S(C)(=O)=O. The second-order valence-electron chi connectivity index (χ2n) is 8.98. The molecule has 0 saturated carbocycles. The van der Waals surface area contributed by atoms with Crippen LogP contribution in [0.4, 0.5) is 11.6 Å². The maximum absolute atomic E-state index is 12.8. The molecule has 4 heterocycles. The monoisotopic (exact) mass is 517 g/mol.